The van der Waals surface area contributed by atoms with Gasteiger partial charge in [0.2, 0.25) is 0 Å². The molecule has 0 aliphatic rings. The van der Waals surface area contributed by atoms with Crippen molar-refractivity contribution >= 4 is 17.5 Å². The standard InChI is InChI=1S/C18H16ClNO3/c1-22-15-10-14(11-16(12-15)23-2)18(21)20-9-5-7-13-6-3-4-8-17(13)19/h3-4,6,8,10-12H,9H2,1-2H3,(H,20,21). The van der Waals surface area contributed by atoms with Gasteiger partial charge >= 0.3 is 0 Å². The van der Waals surface area contributed by atoms with Crippen LogP contribution in [0, 0.1) is 11.8 Å². The van der Waals surface area contributed by atoms with Crippen LogP contribution >= 0.6 is 11.6 Å². The van der Waals surface area contributed by atoms with E-state index in [4.69, 9.17) is 21.1 Å². The average Bonchev–Trinajstić information content (AvgIpc) is 2.59. The van der Waals surface area contributed by atoms with E-state index in [-0.39, 0.29) is 12.5 Å². The van der Waals surface area contributed by atoms with E-state index in [1.54, 1.807) is 24.3 Å². The molecule has 0 atom stereocenters. The summed E-state index contributed by atoms with van der Waals surface area (Å²) < 4.78 is 10.3. The summed E-state index contributed by atoms with van der Waals surface area (Å²) in [7, 11) is 3.07. The van der Waals surface area contributed by atoms with Crippen molar-refractivity contribution in [2.75, 3.05) is 20.8 Å². The molecule has 0 spiro atoms. The zero-order chi connectivity index (χ0) is 16.7. The predicted molar refractivity (Wildman–Crippen MR) is 90.2 cm³/mol. The summed E-state index contributed by atoms with van der Waals surface area (Å²) in [6, 6.07) is 12.3. The number of methoxy groups -OCH3 is 2. The molecule has 0 aromatic heterocycles. The summed E-state index contributed by atoms with van der Waals surface area (Å²) in [5.41, 5.74) is 1.17. The van der Waals surface area contributed by atoms with E-state index in [9.17, 15) is 4.79 Å². The molecule has 2 aromatic rings. The van der Waals surface area contributed by atoms with Gasteiger partial charge in [-0.3, -0.25) is 4.79 Å². The van der Waals surface area contributed by atoms with Gasteiger partial charge in [-0.15, -0.1) is 0 Å². The third-order valence-electron chi connectivity index (χ3n) is 3.05. The van der Waals surface area contributed by atoms with Crippen LogP contribution in [0.3, 0.4) is 0 Å². The van der Waals surface area contributed by atoms with Gasteiger partial charge in [0, 0.05) is 17.2 Å². The number of ether oxygens (including phenoxy) is 2. The molecule has 0 fully saturated rings. The Kier molecular flexibility index (Phi) is 5.90. The first-order valence-corrected chi connectivity index (χ1v) is 7.26. The van der Waals surface area contributed by atoms with Crippen molar-refractivity contribution in [1.29, 1.82) is 0 Å². The molecule has 0 saturated heterocycles. The third-order valence-corrected chi connectivity index (χ3v) is 3.38. The molecule has 2 aromatic carbocycles. The van der Waals surface area contributed by atoms with Gasteiger partial charge in [-0.1, -0.05) is 35.6 Å². The Morgan fingerprint density at radius 2 is 1.78 bits per heavy atom. The molecule has 1 amide bonds. The van der Waals surface area contributed by atoms with Gasteiger partial charge in [0.25, 0.3) is 5.91 Å². The normalized spacial score (nSPS) is 9.52. The lowest BCUT2D eigenvalue weighted by Crippen LogP contribution is -2.23. The quantitative estimate of drug-likeness (QED) is 0.877. The number of benzene rings is 2. The smallest absolute Gasteiger partial charge is 0.252 e. The molecule has 0 saturated carbocycles. The van der Waals surface area contributed by atoms with Crippen LogP contribution in [0.2, 0.25) is 5.02 Å². The molecular weight excluding hydrogens is 314 g/mol. The first kappa shape index (κ1) is 16.7. The lowest BCUT2D eigenvalue weighted by Gasteiger charge is -2.08. The van der Waals surface area contributed by atoms with E-state index in [0.717, 1.165) is 5.56 Å². The number of hydrogen-bond acceptors (Lipinski definition) is 3. The second-order valence-corrected chi connectivity index (χ2v) is 4.97. The summed E-state index contributed by atoms with van der Waals surface area (Å²) in [6.45, 7) is 0.212. The highest BCUT2D eigenvalue weighted by Crippen LogP contribution is 2.22. The number of hydrogen-bond donors (Lipinski definition) is 1. The van der Waals surface area contributed by atoms with Crippen LogP contribution in [0.5, 0.6) is 11.5 Å². The minimum absolute atomic E-state index is 0.212. The Morgan fingerprint density at radius 1 is 1.13 bits per heavy atom. The maximum absolute atomic E-state index is 12.1. The number of halogens is 1. The highest BCUT2D eigenvalue weighted by atomic mass is 35.5. The number of rotatable bonds is 4. The number of carbonyl (C=O) groups excluding carboxylic acids is 1. The van der Waals surface area contributed by atoms with Gasteiger partial charge in [0.15, 0.2) is 0 Å². The first-order valence-electron chi connectivity index (χ1n) is 6.88. The number of nitrogens with one attached hydrogen (secondary N) is 1. The van der Waals surface area contributed by atoms with Gasteiger partial charge in [0.05, 0.1) is 25.8 Å². The highest BCUT2D eigenvalue weighted by molar-refractivity contribution is 6.31. The predicted octanol–water partition coefficient (Wildman–Crippen LogP) is 3.14. The lowest BCUT2D eigenvalue weighted by atomic mass is 10.2. The van der Waals surface area contributed by atoms with Crippen molar-refractivity contribution in [1.82, 2.24) is 5.32 Å². The van der Waals surface area contributed by atoms with E-state index in [1.807, 2.05) is 18.2 Å². The molecular formula is C18H16ClNO3. The van der Waals surface area contributed by atoms with Gasteiger partial charge in [0.1, 0.15) is 11.5 Å². The summed E-state index contributed by atoms with van der Waals surface area (Å²) in [5.74, 6) is 6.64. The second-order valence-electron chi connectivity index (χ2n) is 4.57. The van der Waals surface area contributed by atoms with Crippen molar-refractivity contribution in [3.8, 4) is 23.3 Å². The lowest BCUT2D eigenvalue weighted by molar-refractivity contribution is 0.0958. The van der Waals surface area contributed by atoms with Crippen molar-refractivity contribution in [2.24, 2.45) is 0 Å². The highest BCUT2D eigenvalue weighted by Gasteiger charge is 2.08. The molecule has 23 heavy (non-hydrogen) atoms. The average molecular weight is 330 g/mol. The Labute approximate surface area is 140 Å². The maximum Gasteiger partial charge on any atom is 0.252 e. The molecule has 0 unspecified atom stereocenters. The number of carbonyl (C=O) groups is 1. The van der Waals surface area contributed by atoms with Crippen LogP contribution in [-0.4, -0.2) is 26.7 Å². The fraction of sp³-hybridized carbons (Fsp3) is 0.167. The Balaban J connectivity index is 2.02. The minimum atomic E-state index is -0.254. The van der Waals surface area contributed by atoms with Gasteiger partial charge in [-0.2, -0.15) is 0 Å². The van der Waals surface area contributed by atoms with Crippen LogP contribution < -0.4 is 14.8 Å². The molecule has 0 radical (unpaired) electrons. The number of amides is 1. The fourth-order valence-electron chi connectivity index (χ4n) is 1.87. The van der Waals surface area contributed by atoms with Crippen LogP contribution in [0.4, 0.5) is 0 Å². The Morgan fingerprint density at radius 3 is 2.39 bits per heavy atom. The molecule has 2 rings (SSSR count). The molecule has 118 valence electrons. The van der Waals surface area contributed by atoms with E-state index in [1.165, 1.54) is 14.2 Å². The van der Waals surface area contributed by atoms with Crippen LogP contribution in [-0.2, 0) is 0 Å². The van der Waals surface area contributed by atoms with Crippen molar-refractivity contribution in [2.45, 2.75) is 0 Å². The SMILES string of the molecule is COc1cc(OC)cc(C(=O)NCC#Cc2ccccc2Cl)c1. The van der Waals surface area contributed by atoms with Crippen LogP contribution in [0.1, 0.15) is 15.9 Å². The van der Waals surface area contributed by atoms with Crippen LogP contribution in [0.15, 0.2) is 42.5 Å². The van der Waals surface area contributed by atoms with Gasteiger partial charge in [-0.05, 0) is 24.3 Å². The molecule has 5 heteroatoms. The summed E-state index contributed by atoms with van der Waals surface area (Å²) in [5, 5.41) is 3.31. The monoisotopic (exact) mass is 329 g/mol. The Bertz CT molecular complexity index is 740. The largest absolute Gasteiger partial charge is 0.497 e. The van der Waals surface area contributed by atoms with Crippen LogP contribution in [0.25, 0.3) is 0 Å². The summed E-state index contributed by atoms with van der Waals surface area (Å²) >= 11 is 6.01. The van der Waals surface area contributed by atoms with Crippen molar-refractivity contribution in [3.05, 3.63) is 58.6 Å². The van der Waals surface area contributed by atoms with E-state index in [2.05, 4.69) is 17.2 Å². The molecule has 0 aliphatic heterocycles. The third kappa shape index (κ3) is 4.67. The van der Waals surface area contributed by atoms with Gasteiger partial charge < -0.3 is 14.8 Å². The maximum atomic E-state index is 12.1. The second kappa shape index (κ2) is 8.11. The van der Waals surface area contributed by atoms with Crippen molar-refractivity contribution < 1.29 is 14.3 Å². The summed E-state index contributed by atoms with van der Waals surface area (Å²) in [4.78, 5) is 12.1. The zero-order valence-electron chi connectivity index (χ0n) is 12.9. The molecule has 1 N–H and O–H groups in total. The first-order chi connectivity index (χ1) is 11.1. The topological polar surface area (TPSA) is 47.6 Å². The zero-order valence-corrected chi connectivity index (χ0v) is 13.6. The van der Waals surface area contributed by atoms with Crippen molar-refractivity contribution in [3.63, 3.8) is 0 Å². The van der Waals surface area contributed by atoms with Gasteiger partial charge in [-0.25, -0.2) is 0 Å². The molecule has 0 heterocycles. The van der Waals surface area contributed by atoms with E-state index in [0.29, 0.717) is 22.1 Å². The fourth-order valence-corrected chi connectivity index (χ4v) is 2.05. The Hall–Kier alpha value is -2.64. The minimum Gasteiger partial charge on any atom is -0.497 e. The van der Waals surface area contributed by atoms with E-state index < -0.39 is 0 Å². The molecule has 0 bridgehead atoms. The summed E-state index contributed by atoms with van der Waals surface area (Å²) in [6.07, 6.45) is 0. The molecule has 0 aliphatic carbocycles. The molecule has 4 nitrogen and oxygen atoms in total. The van der Waals surface area contributed by atoms with E-state index >= 15 is 0 Å².